The van der Waals surface area contributed by atoms with Gasteiger partial charge in [-0.1, -0.05) is 0 Å². The first kappa shape index (κ1) is 30.7. The molecule has 0 unspecified atom stereocenters. The van der Waals surface area contributed by atoms with Crippen LogP contribution in [-0.2, 0) is 19.2 Å². The van der Waals surface area contributed by atoms with Crippen LogP contribution in [0, 0.1) is 0 Å². The highest BCUT2D eigenvalue weighted by molar-refractivity contribution is 5.63. The molecule has 0 aliphatic heterocycles. The van der Waals surface area contributed by atoms with Crippen molar-refractivity contribution in [2.24, 2.45) is 0 Å². The zero-order valence-electron chi connectivity index (χ0n) is 12.4. The van der Waals surface area contributed by atoms with Gasteiger partial charge in [0, 0.05) is 33.8 Å². The number of hydrogen-bond acceptors (Lipinski definition) is 5. The summed E-state index contributed by atoms with van der Waals surface area (Å²) in [6, 6.07) is 0. The molecular weight excluding hydrogens is 276 g/mol. The molecule has 5 N–H and O–H groups in total. The highest BCUT2D eigenvalue weighted by Gasteiger charge is 1.69. The molecule has 0 amide bonds. The topological polar surface area (TPSA) is 169 Å². The van der Waals surface area contributed by atoms with Gasteiger partial charge in [0.25, 0.3) is 23.9 Å². The third-order valence-corrected chi connectivity index (χ3v) is 0. The second kappa shape index (κ2) is 25.6. The summed E-state index contributed by atoms with van der Waals surface area (Å²) in [6.45, 7) is 7.78. The number of aliphatic hydroxyl groups excluding tert-OH is 1. The summed E-state index contributed by atoms with van der Waals surface area (Å²) in [4.78, 5) is 36.0. The van der Waals surface area contributed by atoms with E-state index in [1.165, 1.54) is 0 Å². The Morgan fingerprint density at radius 3 is 0.600 bits per heavy atom. The fraction of sp³-hybridized carbons (Fsp3) is 0.636. The summed E-state index contributed by atoms with van der Waals surface area (Å²) in [5, 5.41) is 37.7. The van der Waals surface area contributed by atoms with E-state index < -0.39 is 23.9 Å². The molecule has 0 aromatic carbocycles. The second-order valence-electron chi connectivity index (χ2n) is 3.17. The van der Waals surface area contributed by atoms with Crippen molar-refractivity contribution in [3.05, 3.63) is 0 Å². The van der Waals surface area contributed by atoms with Crippen molar-refractivity contribution < 1.29 is 44.7 Å². The fourth-order valence-electron chi connectivity index (χ4n) is 0. The summed E-state index contributed by atoms with van der Waals surface area (Å²) < 4.78 is 0. The second-order valence-corrected chi connectivity index (χ2v) is 3.17. The van der Waals surface area contributed by atoms with Crippen molar-refractivity contribution >= 4 is 23.9 Å². The van der Waals surface area contributed by atoms with Gasteiger partial charge in [0.1, 0.15) is 0 Å². The number of carboxylic acid groups (broad SMARTS) is 4. The van der Waals surface area contributed by atoms with Crippen LogP contribution in [0.25, 0.3) is 0 Å². The van der Waals surface area contributed by atoms with E-state index in [9.17, 15) is 0 Å². The number of aliphatic hydroxyl groups is 1. The first-order valence-corrected chi connectivity index (χ1v) is 5.12. The minimum absolute atomic E-state index is 0.167. The van der Waals surface area contributed by atoms with Crippen molar-refractivity contribution in [3.63, 3.8) is 0 Å². The van der Waals surface area contributed by atoms with Crippen LogP contribution in [-0.4, -0.2) is 55.5 Å². The van der Waals surface area contributed by atoms with E-state index >= 15 is 0 Å². The standard InChI is InChI=1S/C3H8O.4C2H4O2/c1-3(2)4;4*1-2(3)4/h3-4H,1-2H3;4*1H3,(H,3,4). The summed E-state index contributed by atoms with van der Waals surface area (Å²) in [5.74, 6) is -3.33. The maximum Gasteiger partial charge on any atom is 0.300 e. The molecule has 0 spiro atoms. The third-order valence-electron chi connectivity index (χ3n) is 0. The summed E-state index contributed by atoms with van der Waals surface area (Å²) in [7, 11) is 0. The van der Waals surface area contributed by atoms with E-state index in [1.54, 1.807) is 13.8 Å². The smallest absolute Gasteiger partial charge is 0.300 e. The third kappa shape index (κ3) is 748. The van der Waals surface area contributed by atoms with Gasteiger partial charge in [-0.25, -0.2) is 0 Å². The van der Waals surface area contributed by atoms with Crippen molar-refractivity contribution in [3.8, 4) is 0 Å². The lowest BCUT2D eigenvalue weighted by atomic mass is 10.5. The molecule has 0 atom stereocenters. The molecular formula is C11H24O9. The maximum atomic E-state index is 9.00. The Bertz CT molecular complexity index is 192. The van der Waals surface area contributed by atoms with Crippen LogP contribution in [0.1, 0.15) is 41.5 Å². The van der Waals surface area contributed by atoms with Gasteiger partial charge in [-0.3, -0.25) is 19.2 Å². The predicted octanol–water partition coefficient (Wildman–Crippen LogP) is 0.751. The van der Waals surface area contributed by atoms with Gasteiger partial charge in [0.2, 0.25) is 0 Å². The molecule has 20 heavy (non-hydrogen) atoms. The van der Waals surface area contributed by atoms with Crippen LogP contribution in [0.3, 0.4) is 0 Å². The Labute approximate surface area is 117 Å². The minimum atomic E-state index is -0.833. The molecule has 0 aliphatic carbocycles. The van der Waals surface area contributed by atoms with E-state index in [0.29, 0.717) is 0 Å². The van der Waals surface area contributed by atoms with Gasteiger partial charge in [-0.2, -0.15) is 0 Å². The molecule has 122 valence electrons. The summed E-state index contributed by atoms with van der Waals surface area (Å²) >= 11 is 0. The zero-order valence-corrected chi connectivity index (χ0v) is 12.4. The first-order valence-electron chi connectivity index (χ1n) is 5.12. The quantitative estimate of drug-likeness (QED) is 0.433. The van der Waals surface area contributed by atoms with Gasteiger partial charge < -0.3 is 25.5 Å². The molecule has 9 nitrogen and oxygen atoms in total. The highest BCUT2D eigenvalue weighted by atomic mass is 16.4. The number of carbonyl (C=O) groups is 4. The number of aliphatic carboxylic acids is 4. The zero-order chi connectivity index (χ0) is 17.9. The Hall–Kier alpha value is -2.16. The Morgan fingerprint density at radius 1 is 0.600 bits per heavy atom. The molecule has 0 rings (SSSR count). The van der Waals surface area contributed by atoms with E-state index in [2.05, 4.69) is 0 Å². The Morgan fingerprint density at radius 2 is 0.600 bits per heavy atom. The highest BCUT2D eigenvalue weighted by Crippen LogP contribution is 1.65. The molecule has 0 fully saturated rings. The molecule has 9 heteroatoms. The van der Waals surface area contributed by atoms with E-state index in [1.807, 2.05) is 0 Å². The van der Waals surface area contributed by atoms with Crippen molar-refractivity contribution in [2.75, 3.05) is 0 Å². The van der Waals surface area contributed by atoms with Crippen LogP contribution in [0.5, 0.6) is 0 Å². The monoisotopic (exact) mass is 300 g/mol. The predicted molar refractivity (Wildman–Crippen MR) is 70.6 cm³/mol. The molecule has 0 heterocycles. The summed E-state index contributed by atoms with van der Waals surface area (Å²) in [5.41, 5.74) is 0. The minimum Gasteiger partial charge on any atom is -0.481 e. The van der Waals surface area contributed by atoms with Gasteiger partial charge in [0.15, 0.2) is 0 Å². The Kier molecular flexibility index (Phi) is 39.3. The van der Waals surface area contributed by atoms with E-state index in [0.717, 1.165) is 27.7 Å². The van der Waals surface area contributed by atoms with E-state index in [4.69, 9.17) is 44.7 Å². The molecule has 0 saturated carbocycles. The average Bonchev–Trinajstić information content (AvgIpc) is 1.94. The molecule has 0 radical (unpaired) electrons. The van der Waals surface area contributed by atoms with Crippen LogP contribution < -0.4 is 0 Å². The van der Waals surface area contributed by atoms with Crippen molar-refractivity contribution in [2.45, 2.75) is 47.6 Å². The molecule has 0 bridgehead atoms. The fourth-order valence-corrected chi connectivity index (χ4v) is 0. The normalized spacial score (nSPS) is 6.80. The molecule has 0 aromatic rings. The van der Waals surface area contributed by atoms with Crippen LogP contribution in [0.2, 0.25) is 0 Å². The molecule has 0 aliphatic rings. The van der Waals surface area contributed by atoms with Gasteiger partial charge >= 0.3 is 0 Å². The molecule has 0 aromatic heterocycles. The summed E-state index contributed by atoms with van der Waals surface area (Å²) in [6.07, 6.45) is -0.167. The lowest BCUT2D eigenvalue weighted by Crippen LogP contribution is -1.85. The van der Waals surface area contributed by atoms with Crippen molar-refractivity contribution in [1.82, 2.24) is 0 Å². The van der Waals surface area contributed by atoms with Gasteiger partial charge in [0.05, 0.1) is 0 Å². The number of carboxylic acids is 4. The number of rotatable bonds is 0. The van der Waals surface area contributed by atoms with Gasteiger partial charge in [-0.15, -0.1) is 0 Å². The lowest BCUT2D eigenvalue weighted by Gasteiger charge is -1.80. The lowest BCUT2D eigenvalue weighted by molar-refractivity contribution is -0.135. The first-order chi connectivity index (χ1) is 8.66. The molecule has 0 saturated heterocycles. The largest absolute Gasteiger partial charge is 0.481 e. The van der Waals surface area contributed by atoms with Crippen LogP contribution in [0.15, 0.2) is 0 Å². The number of hydrogen-bond donors (Lipinski definition) is 5. The van der Waals surface area contributed by atoms with Crippen molar-refractivity contribution in [1.29, 1.82) is 0 Å². The Balaban J connectivity index is -0.0000000469. The van der Waals surface area contributed by atoms with Crippen LogP contribution >= 0.6 is 0 Å². The maximum absolute atomic E-state index is 9.00. The van der Waals surface area contributed by atoms with Gasteiger partial charge in [-0.05, 0) is 13.8 Å². The van der Waals surface area contributed by atoms with Crippen LogP contribution in [0.4, 0.5) is 0 Å². The van der Waals surface area contributed by atoms with E-state index in [-0.39, 0.29) is 6.10 Å². The SMILES string of the molecule is CC(=O)O.CC(=O)O.CC(=O)O.CC(=O)O.CC(C)O. The average molecular weight is 300 g/mol.